The first-order valence-electron chi connectivity index (χ1n) is 6.61. The number of hydrogen-bond donors (Lipinski definition) is 0. The summed E-state index contributed by atoms with van der Waals surface area (Å²) >= 11 is 0. The molecule has 0 spiro atoms. The molecule has 1 amide bonds. The van der Waals surface area contributed by atoms with Crippen LogP contribution in [0, 0.1) is 0 Å². The number of hydrogen-bond acceptors (Lipinski definition) is 1. The minimum atomic E-state index is 0.141. The maximum Gasteiger partial charge on any atom is 0.317 e. The van der Waals surface area contributed by atoms with E-state index in [9.17, 15) is 4.79 Å². The quantitative estimate of drug-likeness (QED) is 0.720. The molecule has 1 unspecified atom stereocenters. The molecule has 19 heavy (non-hydrogen) atoms. The fourth-order valence-electron chi connectivity index (χ4n) is 2.23. The molecular weight excluding hydrogens is 234 g/mol. The van der Waals surface area contributed by atoms with Crippen LogP contribution in [0.4, 0.5) is 5.69 Å². The molecule has 97 valence electrons. The van der Waals surface area contributed by atoms with Gasteiger partial charge in [-0.25, -0.2) is 0 Å². The van der Waals surface area contributed by atoms with E-state index in [2.05, 4.69) is 25.5 Å². The van der Waals surface area contributed by atoms with E-state index in [1.807, 2.05) is 48.5 Å². The van der Waals surface area contributed by atoms with Gasteiger partial charge in [-0.15, -0.1) is 0 Å². The van der Waals surface area contributed by atoms with Crippen LogP contribution >= 0.6 is 0 Å². The average molecular weight is 252 g/mol. The minimum absolute atomic E-state index is 0.141. The van der Waals surface area contributed by atoms with Crippen LogP contribution in [0.15, 0.2) is 60.7 Å². The highest BCUT2D eigenvalue weighted by Crippen LogP contribution is 2.19. The predicted molar refractivity (Wildman–Crippen MR) is 78.8 cm³/mol. The number of amides is 1. The topological polar surface area (TPSA) is 20.3 Å². The summed E-state index contributed by atoms with van der Waals surface area (Å²) in [7, 11) is 0. The highest BCUT2D eigenvalue weighted by molar-refractivity contribution is 5.76. The zero-order valence-electron chi connectivity index (χ0n) is 11.1. The number of nitrogens with zero attached hydrogens (tertiary/aromatic N) is 1. The van der Waals surface area contributed by atoms with Crippen molar-refractivity contribution in [2.45, 2.75) is 25.8 Å². The van der Waals surface area contributed by atoms with Crippen molar-refractivity contribution in [1.29, 1.82) is 0 Å². The van der Waals surface area contributed by atoms with E-state index < -0.39 is 0 Å². The molecule has 0 bridgehead atoms. The van der Waals surface area contributed by atoms with E-state index in [-0.39, 0.29) is 6.04 Å². The molecule has 2 nitrogen and oxygen atoms in total. The van der Waals surface area contributed by atoms with Crippen molar-refractivity contribution >= 4 is 12.1 Å². The molecule has 2 rings (SSSR count). The van der Waals surface area contributed by atoms with Crippen molar-refractivity contribution in [2.75, 3.05) is 4.90 Å². The molecule has 2 aromatic rings. The van der Waals surface area contributed by atoms with Gasteiger partial charge in [-0.05, 0) is 30.5 Å². The second-order valence-corrected chi connectivity index (χ2v) is 4.55. The van der Waals surface area contributed by atoms with Gasteiger partial charge >= 0.3 is 6.41 Å². The van der Waals surface area contributed by atoms with Gasteiger partial charge < -0.3 is 4.90 Å². The number of rotatable bonds is 6. The lowest BCUT2D eigenvalue weighted by atomic mass is 10.0. The van der Waals surface area contributed by atoms with Gasteiger partial charge in [-0.1, -0.05) is 55.5 Å². The molecule has 0 aliphatic heterocycles. The lowest BCUT2D eigenvalue weighted by molar-refractivity contribution is 0.532. The summed E-state index contributed by atoms with van der Waals surface area (Å²) in [6.45, 7) is 2.10. The molecule has 0 aliphatic rings. The molecule has 0 saturated heterocycles. The average Bonchev–Trinajstić information content (AvgIpc) is 2.49. The Morgan fingerprint density at radius 2 is 1.58 bits per heavy atom. The second kappa shape index (κ2) is 6.74. The lowest BCUT2D eigenvalue weighted by Crippen LogP contribution is -2.35. The van der Waals surface area contributed by atoms with Crippen molar-refractivity contribution in [1.82, 2.24) is 0 Å². The van der Waals surface area contributed by atoms with Crippen LogP contribution in [-0.2, 0) is 11.2 Å². The number of carbonyl (C=O) groups excluding carboxylic acids is 1. The maximum absolute atomic E-state index is 11.3. The van der Waals surface area contributed by atoms with Crippen LogP contribution in [0.2, 0.25) is 0 Å². The molecule has 0 aliphatic carbocycles. The van der Waals surface area contributed by atoms with Crippen molar-refractivity contribution < 1.29 is 4.79 Å². The van der Waals surface area contributed by atoms with Gasteiger partial charge in [0.05, 0.1) is 0 Å². The largest absolute Gasteiger partial charge is 0.317 e. The summed E-state index contributed by atoms with van der Waals surface area (Å²) in [4.78, 5) is 13.0. The van der Waals surface area contributed by atoms with Gasteiger partial charge in [-0.2, -0.15) is 0 Å². The summed E-state index contributed by atoms with van der Waals surface area (Å²) < 4.78 is 0. The van der Waals surface area contributed by atoms with Crippen LogP contribution in [-0.4, -0.2) is 12.5 Å². The summed E-state index contributed by atoms with van der Waals surface area (Å²) in [5, 5.41) is 0. The highest BCUT2D eigenvalue weighted by atomic mass is 16.1. The van der Waals surface area contributed by atoms with Gasteiger partial charge in [0.15, 0.2) is 0 Å². The second-order valence-electron chi connectivity index (χ2n) is 4.55. The monoisotopic (exact) mass is 252 g/mol. The van der Waals surface area contributed by atoms with Gasteiger partial charge in [-0.3, -0.25) is 4.79 Å². The first-order chi connectivity index (χ1) is 9.35. The minimum Gasteiger partial charge on any atom is -0.301 e. The molecule has 0 heterocycles. The fourth-order valence-corrected chi connectivity index (χ4v) is 2.23. The summed E-state index contributed by atoms with van der Waals surface area (Å²) in [6, 6.07) is 20.1. The third-order valence-corrected chi connectivity index (χ3v) is 3.28. The van der Waals surface area contributed by atoms with E-state index in [0.29, 0.717) is 0 Å². The van der Waals surface area contributed by atoms with Crippen LogP contribution < -0.4 is 4.90 Å². The third kappa shape index (κ3) is 3.44. The molecule has 2 heteroatoms. The smallest absolute Gasteiger partial charge is 0.301 e. The summed E-state index contributed by atoms with van der Waals surface area (Å²) in [5.41, 5.74) is 2.14. The molecule has 1 atom stereocenters. The Morgan fingerprint density at radius 3 is 2.11 bits per heavy atom. The van der Waals surface area contributed by atoms with Crippen molar-refractivity contribution in [3.8, 4) is 0 Å². The molecule has 0 aromatic heterocycles. The fraction of sp³-hybridized carbons (Fsp3) is 0.235. The zero-order chi connectivity index (χ0) is 13.5. The van der Waals surface area contributed by atoms with Crippen molar-refractivity contribution in [3.05, 3.63) is 66.2 Å². The molecule has 0 N–H and O–H groups in total. The highest BCUT2D eigenvalue weighted by Gasteiger charge is 2.17. The Balaban J connectivity index is 2.18. The SMILES string of the molecule is CCC(Cc1ccccc1)N([C]=O)c1ccccc1. The van der Waals surface area contributed by atoms with Crippen LogP contribution in [0.1, 0.15) is 18.9 Å². The molecular formula is C17H18NO. The number of para-hydroxylation sites is 1. The molecule has 1 radical (unpaired) electrons. The van der Waals surface area contributed by atoms with Crippen LogP contribution in [0.5, 0.6) is 0 Å². The van der Waals surface area contributed by atoms with Gasteiger partial charge in [0, 0.05) is 11.7 Å². The summed E-state index contributed by atoms with van der Waals surface area (Å²) in [6.07, 6.45) is 3.82. The number of benzene rings is 2. The van der Waals surface area contributed by atoms with E-state index in [1.165, 1.54) is 5.56 Å². The van der Waals surface area contributed by atoms with Gasteiger partial charge in [0.2, 0.25) is 0 Å². The standard InChI is InChI=1S/C17H18NO/c1-2-16(13-15-9-5-3-6-10-15)18(14-19)17-11-7-4-8-12-17/h3-12,16H,2,13H2,1H3. The van der Waals surface area contributed by atoms with Crippen molar-refractivity contribution in [3.63, 3.8) is 0 Å². The Morgan fingerprint density at radius 1 is 1.00 bits per heavy atom. The summed E-state index contributed by atoms with van der Waals surface area (Å²) in [5.74, 6) is 0. The number of anilines is 1. The lowest BCUT2D eigenvalue weighted by Gasteiger charge is -2.26. The molecule has 2 aromatic carbocycles. The third-order valence-electron chi connectivity index (χ3n) is 3.28. The van der Waals surface area contributed by atoms with Gasteiger partial charge in [0.25, 0.3) is 0 Å². The van der Waals surface area contributed by atoms with E-state index in [1.54, 1.807) is 4.90 Å². The molecule has 0 fully saturated rings. The van der Waals surface area contributed by atoms with E-state index in [0.717, 1.165) is 18.5 Å². The maximum atomic E-state index is 11.3. The van der Waals surface area contributed by atoms with Crippen LogP contribution in [0.25, 0.3) is 0 Å². The van der Waals surface area contributed by atoms with Gasteiger partial charge in [0.1, 0.15) is 0 Å². The van der Waals surface area contributed by atoms with Crippen molar-refractivity contribution in [2.24, 2.45) is 0 Å². The Kier molecular flexibility index (Phi) is 4.73. The first-order valence-corrected chi connectivity index (χ1v) is 6.61. The van der Waals surface area contributed by atoms with E-state index in [4.69, 9.17) is 0 Å². The first kappa shape index (κ1) is 13.3. The Bertz CT molecular complexity index is 495. The Hall–Kier alpha value is -2.09. The Labute approximate surface area is 114 Å². The normalized spacial score (nSPS) is 11.8. The van der Waals surface area contributed by atoms with Crippen LogP contribution in [0.3, 0.4) is 0 Å². The zero-order valence-corrected chi connectivity index (χ0v) is 11.1. The van der Waals surface area contributed by atoms with E-state index >= 15 is 0 Å². The molecule has 0 saturated carbocycles. The predicted octanol–water partition coefficient (Wildman–Crippen LogP) is 3.58.